The zero-order valence-electron chi connectivity index (χ0n) is 11.5. The molecule has 0 unspecified atom stereocenters. The van der Waals surface area contributed by atoms with E-state index >= 15 is 0 Å². The number of unbranched alkanes of at least 4 members (excludes halogenated alkanes) is 3. The Hall–Kier alpha value is -1.02. The summed E-state index contributed by atoms with van der Waals surface area (Å²) in [7, 11) is 4.19. The van der Waals surface area contributed by atoms with E-state index in [9.17, 15) is 0 Å². The molecular formula is C15H26N2. The van der Waals surface area contributed by atoms with Crippen molar-refractivity contribution in [3.05, 3.63) is 29.8 Å². The van der Waals surface area contributed by atoms with Crippen LogP contribution in [0.15, 0.2) is 24.3 Å². The molecule has 1 N–H and O–H groups in total. The smallest absolute Gasteiger partial charge is 0.0340 e. The van der Waals surface area contributed by atoms with E-state index in [0.717, 1.165) is 13.1 Å². The molecule has 17 heavy (non-hydrogen) atoms. The Bertz CT molecular complexity index is 290. The molecular weight excluding hydrogens is 208 g/mol. The fourth-order valence-electron chi connectivity index (χ4n) is 1.88. The highest BCUT2D eigenvalue weighted by Gasteiger charge is 1.96. The monoisotopic (exact) mass is 234 g/mol. The second-order valence-corrected chi connectivity index (χ2v) is 4.92. The van der Waals surface area contributed by atoms with Gasteiger partial charge >= 0.3 is 0 Å². The zero-order valence-corrected chi connectivity index (χ0v) is 11.5. The summed E-state index contributed by atoms with van der Waals surface area (Å²) in [5, 5.41) is 3.47. The molecule has 0 radical (unpaired) electrons. The van der Waals surface area contributed by atoms with Crippen LogP contribution >= 0.6 is 0 Å². The van der Waals surface area contributed by atoms with Gasteiger partial charge in [0.2, 0.25) is 0 Å². The maximum atomic E-state index is 3.47. The van der Waals surface area contributed by atoms with E-state index in [4.69, 9.17) is 0 Å². The van der Waals surface area contributed by atoms with Crippen LogP contribution in [0.2, 0.25) is 0 Å². The number of hydrogen-bond acceptors (Lipinski definition) is 2. The fourth-order valence-corrected chi connectivity index (χ4v) is 1.88. The third-order valence-electron chi connectivity index (χ3n) is 2.81. The first kappa shape index (κ1) is 14.0. The Morgan fingerprint density at radius 1 is 1.00 bits per heavy atom. The van der Waals surface area contributed by atoms with Gasteiger partial charge in [0.1, 0.15) is 0 Å². The van der Waals surface area contributed by atoms with Crippen molar-refractivity contribution in [2.24, 2.45) is 0 Å². The molecule has 0 saturated carbocycles. The van der Waals surface area contributed by atoms with Crippen molar-refractivity contribution < 1.29 is 0 Å². The fraction of sp³-hybridized carbons (Fsp3) is 0.600. The maximum Gasteiger partial charge on any atom is 0.0340 e. The van der Waals surface area contributed by atoms with E-state index in [0.29, 0.717) is 0 Å². The molecule has 0 fully saturated rings. The van der Waals surface area contributed by atoms with Crippen LogP contribution in [0.1, 0.15) is 38.2 Å². The van der Waals surface area contributed by atoms with Crippen molar-refractivity contribution in [1.29, 1.82) is 0 Å². The molecule has 1 rings (SSSR count). The van der Waals surface area contributed by atoms with Crippen LogP contribution in [-0.2, 0) is 6.54 Å². The lowest BCUT2D eigenvalue weighted by Crippen LogP contribution is -2.10. The average molecular weight is 234 g/mol. The van der Waals surface area contributed by atoms with Gasteiger partial charge in [-0.25, -0.2) is 0 Å². The van der Waals surface area contributed by atoms with Crippen molar-refractivity contribution in [2.45, 2.75) is 39.2 Å². The summed E-state index contributed by atoms with van der Waals surface area (Å²) in [5.41, 5.74) is 2.61. The van der Waals surface area contributed by atoms with Gasteiger partial charge in [-0.1, -0.05) is 38.3 Å². The van der Waals surface area contributed by atoms with Crippen molar-refractivity contribution >= 4 is 5.69 Å². The second-order valence-electron chi connectivity index (χ2n) is 4.92. The van der Waals surface area contributed by atoms with Gasteiger partial charge in [0.05, 0.1) is 0 Å². The predicted molar refractivity (Wildman–Crippen MR) is 76.5 cm³/mol. The summed E-state index contributed by atoms with van der Waals surface area (Å²) < 4.78 is 0. The normalized spacial score (nSPS) is 10.8. The molecule has 1 aromatic rings. The number of anilines is 1. The van der Waals surface area contributed by atoms with Crippen LogP contribution in [0.4, 0.5) is 5.69 Å². The molecule has 0 spiro atoms. The van der Waals surface area contributed by atoms with Crippen molar-refractivity contribution in [1.82, 2.24) is 4.90 Å². The molecule has 0 atom stereocenters. The minimum Gasteiger partial charge on any atom is -0.385 e. The Labute approximate surface area is 106 Å². The molecule has 0 aliphatic heterocycles. The molecule has 0 aliphatic carbocycles. The average Bonchev–Trinajstić information content (AvgIpc) is 2.30. The van der Waals surface area contributed by atoms with Crippen molar-refractivity contribution in [3.8, 4) is 0 Å². The number of nitrogens with one attached hydrogen (secondary N) is 1. The number of hydrogen-bond donors (Lipinski definition) is 1. The molecule has 0 aromatic heterocycles. The lowest BCUT2D eigenvalue weighted by molar-refractivity contribution is 0.402. The zero-order chi connectivity index (χ0) is 12.5. The lowest BCUT2D eigenvalue weighted by Gasteiger charge is -2.11. The predicted octanol–water partition coefficient (Wildman–Crippen LogP) is 3.74. The third-order valence-corrected chi connectivity index (χ3v) is 2.81. The van der Waals surface area contributed by atoms with E-state index in [2.05, 4.69) is 55.5 Å². The SMILES string of the molecule is CCCCCCNc1ccc(CN(C)C)cc1. The molecule has 2 heteroatoms. The Balaban J connectivity index is 2.25. The molecule has 0 bridgehead atoms. The van der Waals surface area contributed by atoms with Gasteiger partial charge in [-0.15, -0.1) is 0 Å². The van der Waals surface area contributed by atoms with Gasteiger partial charge in [-0.3, -0.25) is 0 Å². The van der Waals surface area contributed by atoms with Crippen LogP contribution in [0.5, 0.6) is 0 Å². The first-order valence-electron chi connectivity index (χ1n) is 6.70. The maximum absolute atomic E-state index is 3.47. The van der Waals surface area contributed by atoms with Crippen LogP contribution in [0.3, 0.4) is 0 Å². The molecule has 2 nitrogen and oxygen atoms in total. The summed E-state index contributed by atoms with van der Waals surface area (Å²) in [5.74, 6) is 0. The Morgan fingerprint density at radius 2 is 1.71 bits per heavy atom. The summed E-state index contributed by atoms with van der Waals surface area (Å²) in [6, 6.07) is 8.76. The second kappa shape index (κ2) is 8.13. The Morgan fingerprint density at radius 3 is 2.29 bits per heavy atom. The highest BCUT2D eigenvalue weighted by atomic mass is 15.0. The topological polar surface area (TPSA) is 15.3 Å². The highest BCUT2D eigenvalue weighted by Crippen LogP contribution is 2.11. The summed E-state index contributed by atoms with van der Waals surface area (Å²) in [6.45, 7) is 4.35. The standard InChI is InChI=1S/C15H26N2/c1-4-5-6-7-12-16-15-10-8-14(9-11-15)13-17(2)3/h8-11,16H,4-7,12-13H2,1-3H3. The minimum atomic E-state index is 1.01. The minimum absolute atomic E-state index is 1.01. The van der Waals surface area contributed by atoms with Gasteiger partial charge in [-0.2, -0.15) is 0 Å². The first-order chi connectivity index (χ1) is 8.22. The van der Waals surface area contributed by atoms with Gasteiger partial charge in [0.25, 0.3) is 0 Å². The molecule has 96 valence electrons. The van der Waals surface area contributed by atoms with E-state index in [1.807, 2.05) is 0 Å². The number of benzene rings is 1. The number of rotatable bonds is 8. The molecule has 0 saturated heterocycles. The van der Waals surface area contributed by atoms with Gasteiger partial charge in [-0.05, 0) is 38.2 Å². The van der Waals surface area contributed by atoms with Crippen molar-refractivity contribution in [2.75, 3.05) is 26.0 Å². The highest BCUT2D eigenvalue weighted by molar-refractivity contribution is 5.44. The third kappa shape index (κ3) is 6.32. The van der Waals surface area contributed by atoms with Gasteiger partial charge in [0, 0.05) is 18.8 Å². The lowest BCUT2D eigenvalue weighted by atomic mass is 10.2. The molecule has 0 heterocycles. The van der Waals surface area contributed by atoms with Crippen LogP contribution in [0, 0.1) is 0 Å². The van der Waals surface area contributed by atoms with E-state index < -0.39 is 0 Å². The summed E-state index contributed by atoms with van der Waals surface area (Å²) in [6.07, 6.45) is 5.26. The van der Waals surface area contributed by atoms with E-state index in [1.165, 1.54) is 36.9 Å². The largest absolute Gasteiger partial charge is 0.385 e. The molecule has 1 aromatic carbocycles. The van der Waals surface area contributed by atoms with E-state index in [-0.39, 0.29) is 0 Å². The Kier molecular flexibility index (Phi) is 6.71. The van der Waals surface area contributed by atoms with Crippen LogP contribution in [0.25, 0.3) is 0 Å². The summed E-state index contributed by atoms with van der Waals surface area (Å²) in [4.78, 5) is 2.19. The van der Waals surface area contributed by atoms with Crippen molar-refractivity contribution in [3.63, 3.8) is 0 Å². The van der Waals surface area contributed by atoms with Crippen LogP contribution < -0.4 is 5.32 Å². The summed E-state index contributed by atoms with van der Waals surface area (Å²) >= 11 is 0. The quantitative estimate of drug-likeness (QED) is 0.689. The first-order valence-corrected chi connectivity index (χ1v) is 6.70. The molecule has 0 amide bonds. The number of nitrogens with zero attached hydrogens (tertiary/aromatic N) is 1. The molecule has 0 aliphatic rings. The van der Waals surface area contributed by atoms with Crippen LogP contribution in [-0.4, -0.2) is 25.5 Å². The van der Waals surface area contributed by atoms with E-state index in [1.54, 1.807) is 0 Å². The van der Waals surface area contributed by atoms with Gasteiger partial charge in [0.15, 0.2) is 0 Å². The van der Waals surface area contributed by atoms with Gasteiger partial charge < -0.3 is 10.2 Å².